The van der Waals surface area contributed by atoms with E-state index >= 15 is 0 Å². The van der Waals surface area contributed by atoms with Crippen molar-refractivity contribution in [2.75, 3.05) is 13.1 Å². The van der Waals surface area contributed by atoms with Crippen LogP contribution in [0.2, 0.25) is 0 Å². The number of nitrogens with two attached hydrogens (primary N) is 1. The maximum absolute atomic E-state index is 12.0. The van der Waals surface area contributed by atoms with E-state index in [4.69, 9.17) is 5.73 Å². The molecule has 6 nitrogen and oxygen atoms in total. The van der Waals surface area contributed by atoms with Gasteiger partial charge in [-0.25, -0.2) is 4.98 Å². The minimum absolute atomic E-state index is 0.0888. The molecule has 26 heavy (non-hydrogen) atoms. The first-order valence-electron chi connectivity index (χ1n) is 9.93. The summed E-state index contributed by atoms with van der Waals surface area (Å²) in [4.78, 5) is 19.6. The lowest BCUT2D eigenvalue weighted by Crippen LogP contribution is -2.39. The summed E-state index contributed by atoms with van der Waals surface area (Å²) in [5.41, 5.74) is 7.18. The summed E-state index contributed by atoms with van der Waals surface area (Å²) in [5, 5.41) is 5.46. The van der Waals surface area contributed by atoms with E-state index < -0.39 is 0 Å². The van der Waals surface area contributed by atoms with Gasteiger partial charge in [-0.1, -0.05) is 24.2 Å². The molecule has 2 N–H and O–H groups in total. The lowest BCUT2D eigenvalue weighted by molar-refractivity contribution is 0.150. The van der Waals surface area contributed by atoms with Crippen molar-refractivity contribution >= 4 is 16.3 Å². The zero-order chi connectivity index (χ0) is 18.1. The van der Waals surface area contributed by atoms with Crippen molar-refractivity contribution in [2.24, 2.45) is 17.6 Å². The molecule has 0 radical (unpaired) electrons. The number of nitrogens with zero attached hydrogens (tertiary/aromatic N) is 4. The molecule has 2 fully saturated rings. The summed E-state index contributed by atoms with van der Waals surface area (Å²) < 4.78 is 1.43. The number of aromatic nitrogens is 3. The second kappa shape index (κ2) is 7.74. The number of rotatable bonds is 5. The summed E-state index contributed by atoms with van der Waals surface area (Å²) in [7, 11) is 0. The fourth-order valence-electron chi connectivity index (χ4n) is 4.67. The van der Waals surface area contributed by atoms with Crippen molar-refractivity contribution in [3.63, 3.8) is 0 Å². The van der Waals surface area contributed by atoms with Gasteiger partial charge in [0, 0.05) is 24.3 Å². The van der Waals surface area contributed by atoms with E-state index in [-0.39, 0.29) is 5.56 Å². The van der Waals surface area contributed by atoms with Crippen LogP contribution in [-0.2, 0) is 6.54 Å². The van der Waals surface area contributed by atoms with Crippen LogP contribution in [-0.4, -0.2) is 38.6 Å². The summed E-state index contributed by atoms with van der Waals surface area (Å²) in [5.74, 6) is 1.44. The molecular formula is C19H29N5OS. The van der Waals surface area contributed by atoms with Gasteiger partial charge < -0.3 is 5.73 Å². The van der Waals surface area contributed by atoms with E-state index in [1.54, 1.807) is 0 Å². The highest BCUT2D eigenvalue weighted by atomic mass is 32.1. The maximum Gasteiger partial charge on any atom is 0.275 e. The SMILES string of the molecule is Cc1cc(=O)n2nc(CN3CCCC(CC(N)C4CCCC4)C3)sc2n1. The molecule has 2 aromatic heterocycles. The molecule has 0 aromatic carbocycles. The van der Waals surface area contributed by atoms with Gasteiger partial charge in [0.25, 0.3) is 5.56 Å². The quantitative estimate of drug-likeness (QED) is 0.869. The topological polar surface area (TPSA) is 76.5 Å². The number of piperidine rings is 1. The van der Waals surface area contributed by atoms with E-state index in [2.05, 4.69) is 15.0 Å². The van der Waals surface area contributed by atoms with Crippen LogP contribution in [0.3, 0.4) is 0 Å². The zero-order valence-corrected chi connectivity index (χ0v) is 16.4. The van der Waals surface area contributed by atoms with Gasteiger partial charge in [0.15, 0.2) is 0 Å². The Labute approximate surface area is 158 Å². The first kappa shape index (κ1) is 18.1. The van der Waals surface area contributed by atoms with Gasteiger partial charge in [-0.2, -0.15) is 9.61 Å². The fourth-order valence-corrected chi connectivity index (χ4v) is 5.65. The molecule has 1 saturated heterocycles. The van der Waals surface area contributed by atoms with Crippen LogP contribution in [0.25, 0.3) is 4.96 Å². The molecule has 0 bridgehead atoms. The molecule has 2 atom stereocenters. The molecule has 7 heteroatoms. The Bertz CT molecular complexity index is 810. The summed E-state index contributed by atoms with van der Waals surface area (Å²) >= 11 is 1.53. The number of fused-ring (bicyclic) bond motifs is 1. The van der Waals surface area contributed by atoms with Gasteiger partial charge >= 0.3 is 0 Å². The zero-order valence-electron chi connectivity index (χ0n) is 15.6. The molecule has 4 rings (SSSR count). The predicted octanol–water partition coefficient (Wildman–Crippen LogP) is 2.58. The highest BCUT2D eigenvalue weighted by Gasteiger charge is 2.27. The fraction of sp³-hybridized carbons (Fsp3) is 0.737. The summed E-state index contributed by atoms with van der Waals surface area (Å²) in [6, 6.07) is 1.91. The van der Waals surface area contributed by atoms with E-state index in [0.29, 0.717) is 16.9 Å². The molecular weight excluding hydrogens is 346 g/mol. The largest absolute Gasteiger partial charge is 0.327 e. The van der Waals surface area contributed by atoms with Gasteiger partial charge in [-0.3, -0.25) is 9.69 Å². The molecule has 3 heterocycles. The second-order valence-corrected chi connectivity index (χ2v) is 9.15. The first-order valence-corrected chi connectivity index (χ1v) is 10.7. The molecule has 2 aromatic rings. The van der Waals surface area contributed by atoms with E-state index in [1.807, 2.05) is 6.92 Å². The third kappa shape index (κ3) is 4.00. The minimum Gasteiger partial charge on any atom is -0.327 e. The monoisotopic (exact) mass is 375 g/mol. The van der Waals surface area contributed by atoms with Gasteiger partial charge in [0.2, 0.25) is 4.96 Å². The van der Waals surface area contributed by atoms with Crippen LogP contribution in [0.15, 0.2) is 10.9 Å². The Hall–Kier alpha value is -1.31. The van der Waals surface area contributed by atoms with Crippen molar-refractivity contribution in [2.45, 2.75) is 64.5 Å². The van der Waals surface area contributed by atoms with E-state index in [0.717, 1.165) is 42.7 Å². The number of likely N-dealkylation sites (tertiary alicyclic amines) is 1. The third-order valence-electron chi connectivity index (χ3n) is 5.99. The summed E-state index contributed by atoms with van der Waals surface area (Å²) in [6.07, 6.45) is 9.04. The van der Waals surface area contributed by atoms with Gasteiger partial charge in [-0.15, -0.1) is 0 Å². The third-order valence-corrected chi connectivity index (χ3v) is 6.88. The van der Waals surface area contributed by atoms with Gasteiger partial charge in [-0.05, 0) is 57.4 Å². The van der Waals surface area contributed by atoms with Crippen LogP contribution in [0.4, 0.5) is 0 Å². The Morgan fingerprint density at radius 2 is 2.12 bits per heavy atom. The number of hydrogen-bond donors (Lipinski definition) is 1. The molecule has 2 aliphatic rings. The Morgan fingerprint density at radius 3 is 2.92 bits per heavy atom. The maximum atomic E-state index is 12.0. The average Bonchev–Trinajstić information content (AvgIpc) is 3.24. The van der Waals surface area contributed by atoms with Crippen LogP contribution < -0.4 is 11.3 Å². The van der Waals surface area contributed by atoms with Crippen molar-refractivity contribution in [1.82, 2.24) is 19.5 Å². The minimum atomic E-state index is -0.0888. The van der Waals surface area contributed by atoms with Gasteiger partial charge in [0.05, 0.1) is 6.54 Å². The number of aryl methyl sites for hydroxylation is 1. The van der Waals surface area contributed by atoms with Crippen molar-refractivity contribution in [3.05, 3.63) is 27.1 Å². The Kier molecular flexibility index (Phi) is 5.38. The molecule has 142 valence electrons. The normalized spacial score (nSPS) is 23.7. The van der Waals surface area contributed by atoms with Crippen LogP contribution in [0, 0.1) is 18.8 Å². The first-order chi connectivity index (χ1) is 12.6. The lowest BCUT2D eigenvalue weighted by atomic mass is 9.86. The average molecular weight is 376 g/mol. The molecule has 1 aliphatic heterocycles. The molecule has 1 saturated carbocycles. The molecule has 1 aliphatic carbocycles. The van der Waals surface area contributed by atoms with Crippen molar-refractivity contribution < 1.29 is 0 Å². The smallest absolute Gasteiger partial charge is 0.275 e. The van der Waals surface area contributed by atoms with Crippen LogP contribution >= 0.6 is 11.3 Å². The van der Waals surface area contributed by atoms with E-state index in [1.165, 1.54) is 60.4 Å². The van der Waals surface area contributed by atoms with Crippen LogP contribution in [0.5, 0.6) is 0 Å². The molecule has 0 spiro atoms. The van der Waals surface area contributed by atoms with Crippen molar-refractivity contribution in [3.8, 4) is 0 Å². The predicted molar refractivity (Wildman–Crippen MR) is 104 cm³/mol. The highest BCUT2D eigenvalue weighted by Crippen LogP contribution is 2.31. The van der Waals surface area contributed by atoms with Crippen molar-refractivity contribution in [1.29, 1.82) is 0 Å². The van der Waals surface area contributed by atoms with Crippen LogP contribution in [0.1, 0.15) is 55.6 Å². The highest BCUT2D eigenvalue weighted by molar-refractivity contribution is 7.16. The standard InChI is InChI=1S/C19H29N5OS/c1-13-9-18(25)24-19(21-13)26-17(22-24)12-23-8-4-5-14(11-23)10-16(20)15-6-2-3-7-15/h9,14-16H,2-8,10-12,20H2,1H3. The summed E-state index contributed by atoms with van der Waals surface area (Å²) in [6.45, 7) is 4.86. The van der Waals surface area contributed by atoms with E-state index in [9.17, 15) is 4.79 Å². The number of hydrogen-bond acceptors (Lipinski definition) is 6. The Balaban J connectivity index is 1.39. The Morgan fingerprint density at radius 1 is 1.31 bits per heavy atom. The lowest BCUT2D eigenvalue weighted by Gasteiger charge is -2.34. The van der Waals surface area contributed by atoms with Gasteiger partial charge in [0.1, 0.15) is 5.01 Å². The molecule has 2 unspecified atom stereocenters. The second-order valence-electron chi connectivity index (χ2n) is 8.11. The molecule has 0 amide bonds.